The van der Waals surface area contributed by atoms with Crippen LogP contribution in [0.1, 0.15) is 6.42 Å². The summed E-state index contributed by atoms with van der Waals surface area (Å²) in [4.78, 5) is 0. The van der Waals surface area contributed by atoms with Gasteiger partial charge in [0, 0.05) is 6.61 Å². The van der Waals surface area contributed by atoms with Gasteiger partial charge in [0.05, 0.1) is 12.3 Å². The molecule has 0 aliphatic carbocycles. The van der Waals surface area contributed by atoms with Gasteiger partial charge in [-0.25, -0.2) is 0 Å². The molecule has 1 aliphatic rings. The Labute approximate surface area is 42.6 Å². The highest BCUT2D eigenvalue weighted by Gasteiger charge is 2.21. The summed E-state index contributed by atoms with van der Waals surface area (Å²) in [6.07, 6.45) is 0.895. The first-order valence-corrected chi connectivity index (χ1v) is 2.43. The van der Waals surface area contributed by atoms with Crippen LogP contribution < -0.4 is 11.5 Å². The van der Waals surface area contributed by atoms with Crippen LogP contribution in [0.5, 0.6) is 0 Å². The van der Waals surface area contributed by atoms with E-state index in [-0.39, 0.29) is 12.3 Å². The molecule has 1 atom stereocenters. The quantitative estimate of drug-likeness (QED) is 0.418. The van der Waals surface area contributed by atoms with Crippen molar-refractivity contribution >= 4 is 0 Å². The molecule has 0 amide bonds. The van der Waals surface area contributed by atoms with E-state index < -0.39 is 0 Å². The van der Waals surface area contributed by atoms with Crippen LogP contribution in [-0.4, -0.2) is 18.9 Å². The van der Waals surface area contributed by atoms with E-state index in [1.165, 1.54) is 0 Å². The Morgan fingerprint density at radius 2 is 2.14 bits per heavy atom. The first-order chi connectivity index (χ1) is 3.30. The predicted molar refractivity (Wildman–Crippen MR) is 26.5 cm³/mol. The Hall–Kier alpha value is -0.120. The average Bonchev–Trinajstić information content (AvgIpc) is 1.23. The molecular formula is C4H10N2O. The molecule has 1 saturated heterocycles. The highest BCUT2D eigenvalue weighted by Crippen LogP contribution is 2.10. The zero-order chi connectivity index (χ0) is 5.28. The Kier molecular flexibility index (Phi) is 1.27. The summed E-state index contributed by atoms with van der Waals surface area (Å²) in [5.41, 5.74) is 10.5. The molecular weight excluding hydrogens is 92.1 g/mol. The van der Waals surface area contributed by atoms with Crippen LogP contribution >= 0.6 is 0 Å². The van der Waals surface area contributed by atoms with Crippen molar-refractivity contribution in [2.75, 3.05) is 6.61 Å². The number of ether oxygens (including phenoxy) is 1. The molecule has 3 heteroatoms. The third kappa shape index (κ3) is 0.907. The summed E-state index contributed by atoms with van der Waals surface area (Å²) in [5, 5.41) is 0. The van der Waals surface area contributed by atoms with Crippen molar-refractivity contribution < 1.29 is 4.74 Å². The smallest absolute Gasteiger partial charge is 0.0877 e. The van der Waals surface area contributed by atoms with Crippen LogP contribution in [0, 0.1) is 0 Å². The van der Waals surface area contributed by atoms with E-state index in [0.717, 1.165) is 13.0 Å². The second-order valence-corrected chi connectivity index (χ2v) is 1.78. The number of nitrogens with two attached hydrogens (primary N) is 2. The summed E-state index contributed by atoms with van der Waals surface area (Å²) >= 11 is 0. The minimum absolute atomic E-state index is 0.139. The van der Waals surface area contributed by atoms with Gasteiger partial charge in [-0.1, -0.05) is 0 Å². The van der Waals surface area contributed by atoms with Gasteiger partial charge in [-0.05, 0) is 6.42 Å². The van der Waals surface area contributed by atoms with Crippen molar-refractivity contribution in [2.24, 2.45) is 11.5 Å². The fourth-order valence-electron chi connectivity index (χ4n) is 0.557. The van der Waals surface area contributed by atoms with Crippen molar-refractivity contribution in [1.29, 1.82) is 0 Å². The third-order valence-electron chi connectivity index (χ3n) is 1.16. The molecule has 0 aromatic rings. The van der Waals surface area contributed by atoms with E-state index in [1.807, 2.05) is 0 Å². The Morgan fingerprint density at radius 1 is 1.57 bits per heavy atom. The van der Waals surface area contributed by atoms with E-state index in [1.54, 1.807) is 0 Å². The van der Waals surface area contributed by atoms with Crippen molar-refractivity contribution in [3.05, 3.63) is 0 Å². The maximum atomic E-state index is 5.25. The number of hydrogen-bond acceptors (Lipinski definition) is 3. The first-order valence-electron chi connectivity index (χ1n) is 2.43. The molecule has 1 heterocycles. The molecule has 0 aromatic carbocycles. The maximum absolute atomic E-state index is 5.25. The van der Waals surface area contributed by atoms with E-state index in [9.17, 15) is 0 Å². The normalized spacial score (nSPS) is 30.4. The Bertz CT molecular complexity index is 60.7. The zero-order valence-corrected chi connectivity index (χ0v) is 4.13. The van der Waals surface area contributed by atoms with Gasteiger partial charge in [0.25, 0.3) is 0 Å². The number of rotatable bonds is 1. The summed E-state index contributed by atoms with van der Waals surface area (Å²) < 4.78 is 4.94. The minimum atomic E-state index is -0.270. The molecule has 42 valence electrons. The molecule has 0 saturated carbocycles. The topological polar surface area (TPSA) is 61.3 Å². The molecule has 1 unspecified atom stereocenters. The van der Waals surface area contributed by atoms with E-state index in [0.29, 0.717) is 0 Å². The molecule has 1 fully saturated rings. The fourth-order valence-corrected chi connectivity index (χ4v) is 0.557. The fraction of sp³-hybridized carbons (Fsp3) is 1.00. The van der Waals surface area contributed by atoms with Gasteiger partial charge in [-0.3, -0.25) is 0 Å². The van der Waals surface area contributed by atoms with Gasteiger partial charge in [-0.2, -0.15) is 0 Å². The molecule has 0 radical (unpaired) electrons. The van der Waals surface area contributed by atoms with E-state index in [4.69, 9.17) is 16.2 Å². The highest BCUT2D eigenvalue weighted by atomic mass is 16.5. The van der Waals surface area contributed by atoms with Gasteiger partial charge >= 0.3 is 0 Å². The monoisotopic (exact) mass is 102 g/mol. The van der Waals surface area contributed by atoms with Gasteiger partial charge in [0.2, 0.25) is 0 Å². The van der Waals surface area contributed by atoms with Crippen LogP contribution in [0.2, 0.25) is 0 Å². The lowest BCUT2D eigenvalue weighted by Crippen LogP contribution is -2.49. The maximum Gasteiger partial charge on any atom is 0.0877 e. The molecule has 3 nitrogen and oxygen atoms in total. The van der Waals surface area contributed by atoms with Crippen LogP contribution in [0.25, 0.3) is 0 Å². The van der Waals surface area contributed by atoms with E-state index in [2.05, 4.69) is 0 Å². The van der Waals surface area contributed by atoms with Crippen LogP contribution in [0.15, 0.2) is 0 Å². The summed E-state index contributed by atoms with van der Waals surface area (Å²) in [7, 11) is 0. The molecule has 4 N–H and O–H groups in total. The van der Waals surface area contributed by atoms with Gasteiger partial charge in [0.1, 0.15) is 0 Å². The Balaban J connectivity index is 2.14. The predicted octanol–water partition coefficient (Wildman–Crippen LogP) is -0.981. The van der Waals surface area contributed by atoms with Crippen molar-refractivity contribution in [2.45, 2.75) is 18.7 Å². The molecule has 0 bridgehead atoms. The Morgan fingerprint density at radius 3 is 2.14 bits per heavy atom. The van der Waals surface area contributed by atoms with Crippen LogP contribution in [0.3, 0.4) is 0 Å². The molecule has 0 aromatic heterocycles. The molecule has 0 spiro atoms. The molecule has 7 heavy (non-hydrogen) atoms. The largest absolute Gasteiger partial charge is 0.375 e. The molecule has 1 rings (SSSR count). The van der Waals surface area contributed by atoms with Gasteiger partial charge in [-0.15, -0.1) is 0 Å². The minimum Gasteiger partial charge on any atom is -0.375 e. The van der Waals surface area contributed by atoms with E-state index >= 15 is 0 Å². The third-order valence-corrected chi connectivity index (χ3v) is 1.16. The number of hydrogen-bond donors (Lipinski definition) is 2. The standard InChI is InChI=1S/C4H10N2O/c5-4(6)3-1-2-7-3/h3-4H,1-2,5-6H2. The van der Waals surface area contributed by atoms with Gasteiger partial charge < -0.3 is 16.2 Å². The van der Waals surface area contributed by atoms with Crippen LogP contribution in [0.4, 0.5) is 0 Å². The van der Waals surface area contributed by atoms with Crippen molar-refractivity contribution in [3.8, 4) is 0 Å². The lowest BCUT2D eigenvalue weighted by atomic mass is 10.1. The second-order valence-electron chi connectivity index (χ2n) is 1.78. The SMILES string of the molecule is NC(N)C1CCO1. The molecule has 1 aliphatic heterocycles. The lowest BCUT2D eigenvalue weighted by molar-refractivity contribution is -0.0632. The summed E-state index contributed by atoms with van der Waals surface area (Å²) in [6, 6.07) is 0. The van der Waals surface area contributed by atoms with Gasteiger partial charge in [0.15, 0.2) is 0 Å². The first kappa shape index (κ1) is 5.03. The van der Waals surface area contributed by atoms with Crippen LogP contribution in [-0.2, 0) is 4.74 Å². The average molecular weight is 102 g/mol. The zero-order valence-electron chi connectivity index (χ0n) is 4.13. The lowest BCUT2D eigenvalue weighted by Gasteiger charge is -2.28. The second kappa shape index (κ2) is 1.78. The summed E-state index contributed by atoms with van der Waals surface area (Å²) in [6.45, 7) is 0.829. The summed E-state index contributed by atoms with van der Waals surface area (Å²) in [5.74, 6) is 0. The van der Waals surface area contributed by atoms with Crippen molar-refractivity contribution in [3.63, 3.8) is 0 Å². The van der Waals surface area contributed by atoms with Crippen molar-refractivity contribution in [1.82, 2.24) is 0 Å². The highest BCUT2D eigenvalue weighted by molar-refractivity contribution is 4.73.